The fourth-order valence-corrected chi connectivity index (χ4v) is 4.96. The van der Waals surface area contributed by atoms with Gasteiger partial charge in [-0.25, -0.2) is 9.50 Å². The average Bonchev–Trinajstić information content (AvgIpc) is 3.34. The molecule has 150 valence electrons. The van der Waals surface area contributed by atoms with Gasteiger partial charge >= 0.3 is 0 Å². The predicted octanol–water partition coefficient (Wildman–Crippen LogP) is 4.81. The van der Waals surface area contributed by atoms with Crippen molar-refractivity contribution in [1.29, 1.82) is 0 Å². The Labute approximate surface area is 179 Å². The standard InChI is InChI=1S/C24H20ClN3O2/c1-15-29-23(30-15)24(12-17-4-2-3-5-18(17)13-24)21-10-11-26-22-20(14-27-28(21)22)16-6-8-19(25)9-7-16/h2-11,14-15,23H,12-13H2,1H3. The van der Waals surface area contributed by atoms with Crippen molar-refractivity contribution in [2.75, 3.05) is 0 Å². The number of nitrogens with zero attached hydrogens (tertiary/aromatic N) is 3. The molecule has 30 heavy (non-hydrogen) atoms. The number of fused-ring (bicyclic) bond motifs is 2. The molecule has 1 aliphatic heterocycles. The first-order chi connectivity index (χ1) is 14.6. The Balaban J connectivity index is 1.51. The highest BCUT2D eigenvalue weighted by Crippen LogP contribution is 2.47. The Morgan fingerprint density at radius 2 is 1.70 bits per heavy atom. The molecule has 1 fully saturated rings. The van der Waals surface area contributed by atoms with Gasteiger partial charge in [-0.3, -0.25) is 0 Å². The Hall–Kier alpha value is -2.73. The lowest BCUT2D eigenvalue weighted by Crippen LogP contribution is -2.54. The number of hydrogen-bond donors (Lipinski definition) is 0. The number of hydrogen-bond acceptors (Lipinski definition) is 4. The number of halogens is 1. The van der Waals surface area contributed by atoms with Crippen LogP contribution in [0.4, 0.5) is 0 Å². The van der Waals surface area contributed by atoms with Gasteiger partial charge < -0.3 is 9.47 Å². The van der Waals surface area contributed by atoms with Crippen LogP contribution >= 0.6 is 11.6 Å². The van der Waals surface area contributed by atoms with Gasteiger partial charge in [-0.2, -0.15) is 5.10 Å². The van der Waals surface area contributed by atoms with Gasteiger partial charge in [-0.05, 0) is 54.7 Å². The molecular formula is C24H20ClN3O2. The Morgan fingerprint density at radius 3 is 2.37 bits per heavy atom. The first-order valence-electron chi connectivity index (χ1n) is 10.1. The molecule has 0 bridgehead atoms. The van der Waals surface area contributed by atoms with Gasteiger partial charge in [-0.15, -0.1) is 0 Å². The molecule has 2 aliphatic rings. The lowest BCUT2D eigenvalue weighted by atomic mass is 9.79. The SMILES string of the molecule is CC1OC(C2(c3ccnc4c(-c5ccc(Cl)cc5)cnn34)Cc3ccccc3C2)O1. The molecule has 0 amide bonds. The minimum Gasteiger partial charge on any atom is -0.323 e. The average molecular weight is 418 g/mol. The van der Waals surface area contributed by atoms with E-state index in [1.165, 1.54) is 11.1 Å². The largest absolute Gasteiger partial charge is 0.323 e. The maximum atomic E-state index is 6.07. The van der Waals surface area contributed by atoms with E-state index in [9.17, 15) is 0 Å². The van der Waals surface area contributed by atoms with Crippen LogP contribution in [-0.2, 0) is 27.7 Å². The summed E-state index contributed by atoms with van der Waals surface area (Å²) in [6, 6.07) is 18.4. The van der Waals surface area contributed by atoms with E-state index in [0.717, 1.165) is 35.3 Å². The molecule has 0 spiro atoms. The summed E-state index contributed by atoms with van der Waals surface area (Å²) in [5, 5.41) is 5.45. The smallest absolute Gasteiger partial charge is 0.175 e. The minimum atomic E-state index is -0.347. The molecule has 6 rings (SSSR count). The van der Waals surface area contributed by atoms with Crippen molar-refractivity contribution in [3.63, 3.8) is 0 Å². The lowest BCUT2D eigenvalue weighted by molar-refractivity contribution is -0.397. The third-order valence-corrected chi connectivity index (χ3v) is 6.53. The van der Waals surface area contributed by atoms with E-state index in [4.69, 9.17) is 26.2 Å². The first-order valence-corrected chi connectivity index (χ1v) is 10.5. The quantitative estimate of drug-likeness (QED) is 0.480. The van der Waals surface area contributed by atoms with Gasteiger partial charge in [-0.1, -0.05) is 48.0 Å². The van der Waals surface area contributed by atoms with Crippen molar-refractivity contribution in [3.05, 3.63) is 88.8 Å². The summed E-state index contributed by atoms with van der Waals surface area (Å²) in [5.41, 5.74) is 6.20. The Kier molecular flexibility index (Phi) is 4.00. The fourth-order valence-electron chi connectivity index (χ4n) is 4.83. The van der Waals surface area contributed by atoms with Crippen LogP contribution < -0.4 is 0 Å². The number of benzene rings is 2. The highest BCUT2D eigenvalue weighted by Gasteiger charge is 2.53. The van der Waals surface area contributed by atoms with Crippen molar-refractivity contribution in [2.45, 2.75) is 37.8 Å². The second-order valence-corrected chi connectivity index (χ2v) is 8.52. The molecule has 2 aromatic heterocycles. The third kappa shape index (κ3) is 2.63. The van der Waals surface area contributed by atoms with E-state index in [2.05, 4.69) is 29.2 Å². The van der Waals surface area contributed by atoms with Gasteiger partial charge in [0.2, 0.25) is 0 Å². The van der Waals surface area contributed by atoms with Crippen LogP contribution in [0.1, 0.15) is 23.7 Å². The lowest BCUT2D eigenvalue weighted by Gasteiger charge is -2.45. The van der Waals surface area contributed by atoms with Gasteiger partial charge in [0.15, 0.2) is 18.2 Å². The summed E-state index contributed by atoms with van der Waals surface area (Å²) >= 11 is 6.07. The number of ether oxygens (including phenoxy) is 2. The van der Waals surface area contributed by atoms with Crippen LogP contribution in [0.25, 0.3) is 16.8 Å². The highest BCUT2D eigenvalue weighted by atomic mass is 35.5. The first kappa shape index (κ1) is 18.1. The van der Waals surface area contributed by atoms with Crippen LogP contribution in [0, 0.1) is 0 Å². The zero-order valence-electron chi connectivity index (χ0n) is 16.5. The molecule has 3 heterocycles. The molecule has 0 unspecified atom stereocenters. The van der Waals surface area contributed by atoms with E-state index in [0.29, 0.717) is 5.02 Å². The van der Waals surface area contributed by atoms with Crippen LogP contribution in [0.2, 0.25) is 5.02 Å². The molecule has 1 aliphatic carbocycles. The molecule has 2 aromatic carbocycles. The van der Waals surface area contributed by atoms with E-state index in [1.54, 1.807) is 0 Å². The van der Waals surface area contributed by atoms with Gasteiger partial charge in [0.05, 0.1) is 17.3 Å². The third-order valence-electron chi connectivity index (χ3n) is 6.28. The fraction of sp³-hybridized carbons (Fsp3) is 0.250. The number of aromatic nitrogens is 3. The monoisotopic (exact) mass is 417 g/mol. The van der Waals surface area contributed by atoms with E-state index in [-0.39, 0.29) is 18.0 Å². The van der Waals surface area contributed by atoms with Crippen LogP contribution in [-0.4, -0.2) is 27.2 Å². The molecule has 5 nitrogen and oxygen atoms in total. The minimum absolute atomic E-state index is 0.185. The maximum Gasteiger partial charge on any atom is 0.175 e. The summed E-state index contributed by atoms with van der Waals surface area (Å²) in [4.78, 5) is 4.66. The van der Waals surface area contributed by atoms with Crippen LogP contribution in [0.15, 0.2) is 67.0 Å². The number of rotatable bonds is 3. The normalized spacial score (nSPS) is 22.1. The summed E-state index contributed by atoms with van der Waals surface area (Å²) in [6.45, 7) is 1.93. The summed E-state index contributed by atoms with van der Waals surface area (Å²) in [7, 11) is 0. The Bertz CT molecular complexity index is 1220. The molecule has 1 saturated heterocycles. The van der Waals surface area contributed by atoms with Crippen molar-refractivity contribution < 1.29 is 9.47 Å². The molecule has 0 saturated carbocycles. The van der Waals surface area contributed by atoms with Gasteiger partial charge in [0.25, 0.3) is 0 Å². The topological polar surface area (TPSA) is 48.7 Å². The maximum absolute atomic E-state index is 6.07. The summed E-state index contributed by atoms with van der Waals surface area (Å²) in [6.07, 6.45) is 4.92. The van der Waals surface area contributed by atoms with Gasteiger partial charge in [0.1, 0.15) is 0 Å². The highest BCUT2D eigenvalue weighted by molar-refractivity contribution is 6.30. The van der Waals surface area contributed by atoms with Crippen molar-refractivity contribution in [3.8, 4) is 11.1 Å². The summed E-state index contributed by atoms with van der Waals surface area (Å²) < 4.78 is 14.1. The molecule has 4 aromatic rings. The van der Waals surface area contributed by atoms with E-state index >= 15 is 0 Å². The second-order valence-electron chi connectivity index (χ2n) is 8.08. The molecule has 0 N–H and O–H groups in total. The van der Waals surface area contributed by atoms with Crippen molar-refractivity contribution >= 4 is 17.2 Å². The van der Waals surface area contributed by atoms with Crippen LogP contribution in [0.3, 0.4) is 0 Å². The zero-order chi connectivity index (χ0) is 20.3. The molecular weight excluding hydrogens is 398 g/mol. The second kappa shape index (κ2) is 6.64. The zero-order valence-corrected chi connectivity index (χ0v) is 17.2. The molecule has 0 radical (unpaired) electrons. The van der Waals surface area contributed by atoms with Crippen LogP contribution in [0.5, 0.6) is 0 Å². The van der Waals surface area contributed by atoms with E-state index in [1.807, 2.05) is 54.2 Å². The van der Waals surface area contributed by atoms with Crippen molar-refractivity contribution in [2.24, 2.45) is 0 Å². The van der Waals surface area contributed by atoms with E-state index < -0.39 is 0 Å². The molecule has 6 heteroatoms. The Morgan fingerprint density at radius 1 is 1.00 bits per heavy atom. The predicted molar refractivity (Wildman–Crippen MR) is 114 cm³/mol. The summed E-state index contributed by atoms with van der Waals surface area (Å²) in [5.74, 6) is 0. The van der Waals surface area contributed by atoms with Gasteiger partial charge in [0, 0.05) is 16.8 Å². The molecule has 0 atom stereocenters. The van der Waals surface area contributed by atoms with Crippen molar-refractivity contribution in [1.82, 2.24) is 14.6 Å².